The lowest BCUT2D eigenvalue weighted by Crippen LogP contribution is -2.37. The van der Waals surface area contributed by atoms with Crippen LogP contribution in [0.2, 0.25) is 0 Å². The van der Waals surface area contributed by atoms with Crippen LogP contribution >= 0.6 is 0 Å². The Hall–Kier alpha value is -3.28. The highest BCUT2D eigenvalue weighted by atomic mass is 15.7. The normalized spacial score (nSPS) is 14.0. The summed E-state index contributed by atoms with van der Waals surface area (Å²) in [6.07, 6.45) is 2.01. The summed E-state index contributed by atoms with van der Waals surface area (Å²) in [5.41, 5.74) is 13.7. The predicted molar refractivity (Wildman–Crippen MR) is 126 cm³/mol. The summed E-state index contributed by atoms with van der Waals surface area (Å²) in [6.45, 7) is 4.10. The zero-order valence-electron chi connectivity index (χ0n) is 17.7. The summed E-state index contributed by atoms with van der Waals surface area (Å²) < 4.78 is 2.38. The lowest BCUT2D eigenvalue weighted by molar-refractivity contribution is 0.402. The fourth-order valence-corrected chi connectivity index (χ4v) is 4.37. The smallest absolute Gasteiger partial charge is 0.0839 e. The molecule has 0 aliphatic carbocycles. The molecular formula is C25H27N5. The van der Waals surface area contributed by atoms with Gasteiger partial charge in [-0.05, 0) is 50.8 Å². The number of aromatic nitrogens is 1. The molecule has 2 N–H and O–H groups in total. The van der Waals surface area contributed by atoms with Crippen LogP contribution in [-0.2, 0) is 13.1 Å². The predicted octanol–water partition coefficient (Wildman–Crippen LogP) is 4.70. The summed E-state index contributed by atoms with van der Waals surface area (Å²) >= 11 is 0. The van der Waals surface area contributed by atoms with Crippen molar-refractivity contribution in [1.82, 2.24) is 20.4 Å². The Labute approximate surface area is 177 Å². The molecule has 0 saturated heterocycles. The van der Waals surface area contributed by atoms with Gasteiger partial charge in [-0.3, -0.25) is 5.01 Å². The topological polar surface area (TPSA) is 35.5 Å². The van der Waals surface area contributed by atoms with E-state index in [1.165, 1.54) is 32.9 Å². The van der Waals surface area contributed by atoms with Crippen LogP contribution in [0.4, 0.5) is 5.69 Å². The fraction of sp³-hybridized carbons (Fsp3) is 0.200. The minimum Gasteiger partial charge on any atom is -0.341 e. The Morgan fingerprint density at radius 2 is 1.63 bits per heavy atom. The van der Waals surface area contributed by atoms with E-state index in [0.717, 1.165) is 24.5 Å². The average molecular weight is 398 g/mol. The molecule has 0 atom stereocenters. The second-order valence-corrected chi connectivity index (χ2v) is 8.02. The molecular weight excluding hydrogens is 370 g/mol. The molecule has 2 heterocycles. The number of hydrogen-bond donors (Lipinski definition) is 2. The number of nitrogens with one attached hydrogen (secondary N) is 2. The molecule has 5 heteroatoms. The van der Waals surface area contributed by atoms with Crippen LogP contribution in [0.3, 0.4) is 0 Å². The van der Waals surface area contributed by atoms with Crippen molar-refractivity contribution < 1.29 is 0 Å². The van der Waals surface area contributed by atoms with E-state index in [4.69, 9.17) is 0 Å². The van der Waals surface area contributed by atoms with Crippen LogP contribution < -0.4 is 16.0 Å². The second kappa shape index (κ2) is 7.52. The van der Waals surface area contributed by atoms with Gasteiger partial charge in [0.25, 0.3) is 0 Å². The van der Waals surface area contributed by atoms with Gasteiger partial charge >= 0.3 is 0 Å². The molecule has 152 valence electrons. The molecule has 0 amide bonds. The largest absolute Gasteiger partial charge is 0.341 e. The molecule has 0 fully saturated rings. The molecule has 5 rings (SSSR count). The standard InChI is InChI=1S/C25H27N5/c1-4-29-23-8-6-5-7-21(23)22-15-20(13-14-24(22)29)30-25(16-26-27-30)19-11-9-18(10-12-19)17-28(2)3/h5-16,26-27H,4,17H2,1-3H3. The van der Waals surface area contributed by atoms with Crippen LogP contribution in [0.1, 0.15) is 18.1 Å². The second-order valence-electron chi connectivity index (χ2n) is 8.02. The number of fused-ring (bicyclic) bond motifs is 3. The van der Waals surface area contributed by atoms with E-state index >= 15 is 0 Å². The van der Waals surface area contributed by atoms with Crippen LogP contribution in [0, 0.1) is 0 Å². The van der Waals surface area contributed by atoms with Gasteiger partial charge in [0.1, 0.15) is 0 Å². The highest BCUT2D eigenvalue weighted by molar-refractivity contribution is 6.09. The molecule has 5 nitrogen and oxygen atoms in total. The molecule has 4 aromatic rings. The van der Waals surface area contributed by atoms with Crippen molar-refractivity contribution in [1.29, 1.82) is 0 Å². The first-order valence-electron chi connectivity index (χ1n) is 10.4. The number of aryl methyl sites for hydroxylation is 1. The zero-order valence-corrected chi connectivity index (χ0v) is 17.7. The number of benzene rings is 3. The van der Waals surface area contributed by atoms with E-state index < -0.39 is 0 Å². The Morgan fingerprint density at radius 1 is 0.867 bits per heavy atom. The highest BCUT2D eigenvalue weighted by Crippen LogP contribution is 2.34. The van der Waals surface area contributed by atoms with E-state index in [-0.39, 0.29) is 0 Å². The van der Waals surface area contributed by atoms with Crippen molar-refractivity contribution in [2.75, 3.05) is 19.1 Å². The molecule has 0 radical (unpaired) electrons. The van der Waals surface area contributed by atoms with Gasteiger partial charge in [0, 0.05) is 46.7 Å². The molecule has 3 aromatic carbocycles. The maximum Gasteiger partial charge on any atom is 0.0839 e. The van der Waals surface area contributed by atoms with Crippen molar-refractivity contribution in [3.63, 3.8) is 0 Å². The van der Waals surface area contributed by atoms with Gasteiger partial charge in [0.05, 0.1) is 11.4 Å². The number of nitrogens with zero attached hydrogens (tertiary/aromatic N) is 3. The molecule has 0 saturated carbocycles. The number of para-hydroxylation sites is 1. The fourth-order valence-electron chi connectivity index (χ4n) is 4.37. The SMILES string of the molecule is CCn1c2ccccc2c2cc(N3NNC=C3c3ccc(CN(C)C)cc3)ccc21. The minimum absolute atomic E-state index is 0.942. The Bertz CT molecular complexity index is 1230. The summed E-state index contributed by atoms with van der Waals surface area (Å²) in [4.78, 5) is 2.18. The van der Waals surface area contributed by atoms with E-state index in [2.05, 4.69) is 113 Å². The third kappa shape index (κ3) is 3.12. The maximum absolute atomic E-state index is 3.28. The third-order valence-electron chi connectivity index (χ3n) is 5.71. The molecule has 0 bridgehead atoms. The number of hydrogen-bond acceptors (Lipinski definition) is 4. The summed E-state index contributed by atoms with van der Waals surface area (Å²) in [5.74, 6) is 0. The first-order chi connectivity index (χ1) is 14.7. The zero-order chi connectivity index (χ0) is 20.7. The van der Waals surface area contributed by atoms with Crippen molar-refractivity contribution >= 4 is 33.2 Å². The van der Waals surface area contributed by atoms with Gasteiger partial charge in [-0.2, -0.15) is 0 Å². The van der Waals surface area contributed by atoms with Crippen LogP contribution in [0.25, 0.3) is 27.5 Å². The molecule has 0 spiro atoms. The van der Waals surface area contributed by atoms with E-state index in [1.807, 2.05) is 6.20 Å². The monoisotopic (exact) mass is 397 g/mol. The van der Waals surface area contributed by atoms with Crippen LogP contribution in [-0.4, -0.2) is 23.6 Å². The Balaban J connectivity index is 1.53. The van der Waals surface area contributed by atoms with Crippen LogP contribution in [0.15, 0.2) is 72.9 Å². The summed E-state index contributed by atoms with van der Waals surface area (Å²) in [6, 6.07) is 24.1. The number of rotatable bonds is 5. The van der Waals surface area contributed by atoms with Gasteiger partial charge in [0.15, 0.2) is 0 Å². The van der Waals surface area contributed by atoms with E-state index in [1.54, 1.807) is 0 Å². The first-order valence-corrected chi connectivity index (χ1v) is 10.4. The lowest BCUT2D eigenvalue weighted by atomic mass is 10.1. The van der Waals surface area contributed by atoms with Gasteiger partial charge in [0.2, 0.25) is 0 Å². The molecule has 1 aliphatic rings. The van der Waals surface area contributed by atoms with Crippen molar-refractivity contribution in [2.24, 2.45) is 0 Å². The molecule has 1 aromatic heterocycles. The molecule has 1 aliphatic heterocycles. The number of anilines is 1. The lowest BCUT2D eigenvalue weighted by Gasteiger charge is -2.22. The highest BCUT2D eigenvalue weighted by Gasteiger charge is 2.20. The Morgan fingerprint density at radius 3 is 2.40 bits per heavy atom. The molecule has 0 unspecified atom stereocenters. The Kier molecular flexibility index (Phi) is 4.69. The van der Waals surface area contributed by atoms with Gasteiger partial charge < -0.3 is 14.9 Å². The summed E-state index contributed by atoms with van der Waals surface area (Å²) in [7, 11) is 4.18. The number of hydrazine groups is 2. The van der Waals surface area contributed by atoms with E-state index in [0.29, 0.717) is 0 Å². The average Bonchev–Trinajstić information content (AvgIpc) is 3.36. The minimum atomic E-state index is 0.942. The summed E-state index contributed by atoms with van der Waals surface area (Å²) in [5, 5.41) is 4.68. The van der Waals surface area contributed by atoms with Crippen molar-refractivity contribution in [2.45, 2.75) is 20.0 Å². The quantitative estimate of drug-likeness (QED) is 0.512. The van der Waals surface area contributed by atoms with Gasteiger partial charge in [-0.15, -0.1) is 5.53 Å². The van der Waals surface area contributed by atoms with Gasteiger partial charge in [-0.25, -0.2) is 0 Å². The van der Waals surface area contributed by atoms with Crippen molar-refractivity contribution in [3.05, 3.63) is 84.1 Å². The van der Waals surface area contributed by atoms with Crippen LogP contribution in [0.5, 0.6) is 0 Å². The third-order valence-corrected chi connectivity index (χ3v) is 5.71. The maximum atomic E-state index is 3.28. The first kappa shape index (κ1) is 18.7. The van der Waals surface area contributed by atoms with Gasteiger partial charge in [-0.1, -0.05) is 42.5 Å². The van der Waals surface area contributed by atoms with Crippen molar-refractivity contribution in [3.8, 4) is 0 Å². The molecule has 30 heavy (non-hydrogen) atoms. The van der Waals surface area contributed by atoms with E-state index in [9.17, 15) is 0 Å².